The van der Waals surface area contributed by atoms with Gasteiger partial charge in [-0.1, -0.05) is 32.9 Å². The average Bonchev–Trinajstić information content (AvgIpc) is 2.97. The van der Waals surface area contributed by atoms with E-state index in [0.29, 0.717) is 30.3 Å². The fraction of sp³-hybridized carbons (Fsp3) is 0.375. The highest BCUT2D eigenvalue weighted by molar-refractivity contribution is 6.22. The second kappa shape index (κ2) is 9.73. The summed E-state index contributed by atoms with van der Waals surface area (Å²) in [6.07, 6.45) is 1.46. The number of rotatable bonds is 8. The van der Waals surface area contributed by atoms with E-state index < -0.39 is 23.8 Å². The maximum atomic E-state index is 13.3. The highest BCUT2D eigenvalue weighted by Crippen LogP contribution is 2.28. The Morgan fingerprint density at radius 2 is 1.71 bits per heavy atom. The summed E-state index contributed by atoms with van der Waals surface area (Å²) in [6, 6.07) is 11.3. The van der Waals surface area contributed by atoms with E-state index >= 15 is 0 Å². The first-order chi connectivity index (χ1) is 14.8. The van der Waals surface area contributed by atoms with Gasteiger partial charge in [0.1, 0.15) is 11.9 Å². The van der Waals surface area contributed by atoms with Crippen LogP contribution in [-0.2, 0) is 16.0 Å². The largest absolute Gasteiger partial charge is 0.332 e. The molecule has 7 heteroatoms. The summed E-state index contributed by atoms with van der Waals surface area (Å²) in [7, 11) is 0. The minimum absolute atomic E-state index is 0.143. The fourth-order valence-electron chi connectivity index (χ4n) is 3.52. The van der Waals surface area contributed by atoms with Crippen LogP contribution >= 0.6 is 0 Å². The maximum Gasteiger partial charge on any atom is 0.332 e. The number of carbonyl (C=O) groups is 3. The number of benzene rings is 2. The summed E-state index contributed by atoms with van der Waals surface area (Å²) < 4.78 is 13.3. The van der Waals surface area contributed by atoms with Crippen molar-refractivity contribution in [1.82, 2.24) is 4.90 Å². The lowest BCUT2D eigenvalue weighted by molar-refractivity contribution is -0.124. The molecular weight excluding hydrogens is 397 g/mol. The standard InChI is InChI=1S/C24H28FN3O3/c1-4-17-5-9-19(10-6-17)26-22(29)15-21-23(30)28(20-11-7-18(25)8-12-20)24(31)27(21)14-13-16(2)3/h5-12,16,21H,4,13-15H2,1-3H3,(H,26,29). The van der Waals surface area contributed by atoms with Gasteiger partial charge in [0, 0.05) is 12.2 Å². The number of amides is 4. The zero-order valence-electron chi connectivity index (χ0n) is 18.1. The van der Waals surface area contributed by atoms with Crippen LogP contribution in [-0.4, -0.2) is 35.3 Å². The number of hydrogen-bond acceptors (Lipinski definition) is 3. The second-order valence-electron chi connectivity index (χ2n) is 8.13. The summed E-state index contributed by atoms with van der Waals surface area (Å²) >= 11 is 0. The highest BCUT2D eigenvalue weighted by Gasteiger charge is 2.46. The zero-order chi connectivity index (χ0) is 22.5. The Bertz CT molecular complexity index is 942. The van der Waals surface area contributed by atoms with E-state index in [0.717, 1.165) is 16.9 Å². The van der Waals surface area contributed by atoms with Gasteiger partial charge >= 0.3 is 6.03 Å². The van der Waals surface area contributed by atoms with Crippen LogP contribution < -0.4 is 10.2 Å². The molecule has 1 aliphatic rings. The smallest absolute Gasteiger partial charge is 0.326 e. The predicted molar refractivity (Wildman–Crippen MR) is 118 cm³/mol. The molecule has 2 aromatic carbocycles. The second-order valence-corrected chi connectivity index (χ2v) is 8.13. The molecule has 1 saturated heterocycles. The summed E-state index contributed by atoms with van der Waals surface area (Å²) in [5, 5.41) is 2.81. The van der Waals surface area contributed by atoms with Gasteiger partial charge in [0.05, 0.1) is 12.1 Å². The lowest BCUT2D eigenvalue weighted by Gasteiger charge is -2.22. The third kappa shape index (κ3) is 5.29. The molecule has 1 aliphatic heterocycles. The minimum Gasteiger partial charge on any atom is -0.326 e. The van der Waals surface area contributed by atoms with Crippen LogP contribution in [0.25, 0.3) is 0 Å². The molecule has 2 aromatic rings. The zero-order valence-corrected chi connectivity index (χ0v) is 18.1. The van der Waals surface area contributed by atoms with Crippen LogP contribution in [0.5, 0.6) is 0 Å². The number of urea groups is 1. The van der Waals surface area contributed by atoms with E-state index in [4.69, 9.17) is 0 Å². The molecule has 1 atom stereocenters. The summed E-state index contributed by atoms with van der Waals surface area (Å²) in [5.74, 6) is -0.943. The molecule has 3 rings (SSSR count). The van der Waals surface area contributed by atoms with Crippen molar-refractivity contribution >= 4 is 29.2 Å². The molecule has 1 heterocycles. The Hall–Kier alpha value is -3.22. The van der Waals surface area contributed by atoms with Crippen molar-refractivity contribution in [3.8, 4) is 0 Å². The third-order valence-corrected chi connectivity index (χ3v) is 5.38. The predicted octanol–water partition coefficient (Wildman–Crippen LogP) is 4.60. The third-order valence-electron chi connectivity index (χ3n) is 5.38. The van der Waals surface area contributed by atoms with Crippen molar-refractivity contribution in [3.05, 3.63) is 59.9 Å². The van der Waals surface area contributed by atoms with E-state index in [9.17, 15) is 18.8 Å². The Kier molecular flexibility index (Phi) is 7.05. The molecule has 0 aromatic heterocycles. The molecule has 4 amide bonds. The highest BCUT2D eigenvalue weighted by atomic mass is 19.1. The van der Waals surface area contributed by atoms with Crippen LogP contribution in [0.2, 0.25) is 0 Å². The van der Waals surface area contributed by atoms with Gasteiger partial charge in [-0.2, -0.15) is 0 Å². The first-order valence-corrected chi connectivity index (χ1v) is 10.6. The van der Waals surface area contributed by atoms with E-state index in [1.807, 2.05) is 38.1 Å². The van der Waals surface area contributed by atoms with Crippen LogP contribution in [0, 0.1) is 11.7 Å². The van der Waals surface area contributed by atoms with Crippen molar-refractivity contribution in [2.45, 2.75) is 46.1 Å². The van der Waals surface area contributed by atoms with Crippen molar-refractivity contribution in [3.63, 3.8) is 0 Å². The number of halogens is 1. The molecule has 6 nitrogen and oxygen atoms in total. The normalized spacial score (nSPS) is 16.4. The van der Waals surface area contributed by atoms with Gasteiger partial charge in [-0.25, -0.2) is 14.1 Å². The van der Waals surface area contributed by atoms with Crippen LogP contribution in [0.4, 0.5) is 20.6 Å². The fourth-order valence-corrected chi connectivity index (χ4v) is 3.52. The lowest BCUT2D eigenvalue weighted by Crippen LogP contribution is -2.39. The van der Waals surface area contributed by atoms with E-state index in [1.165, 1.54) is 29.2 Å². The van der Waals surface area contributed by atoms with Gasteiger partial charge in [-0.05, 0) is 60.7 Å². The molecule has 1 N–H and O–H groups in total. The van der Waals surface area contributed by atoms with Crippen molar-refractivity contribution in [1.29, 1.82) is 0 Å². The summed E-state index contributed by atoms with van der Waals surface area (Å²) in [6.45, 7) is 6.47. The Labute approximate surface area is 182 Å². The number of anilines is 2. The molecule has 0 radical (unpaired) electrons. The SMILES string of the molecule is CCc1ccc(NC(=O)CC2C(=O)N(c3ccc(F)cc3)C(=O)N2CCC(C)C)cc1. The molecule has 31 heavy (non-hydrogen) atoms. The van der Waals surface area contributed by atoms with E-state index in [1.54, 1.807) is 0 Å². The number of aryl methyl sites for hydroxylation is 1. The van der Waals surface area contributed by atoms with Gasteiger partial charge in [0.25, 0.3) is 5.91 Å². The Morgan fingerprint density at radius 1 is 1.06 bits per heavy atom. The van der Waals surface area contributed by atoms with Crippen LogP contribution in [0.15, 0.2) is 48.5 Å². The first kappa shape index (κ1) is 22.5. The molecule has 0 saturated carbocycles. The van der Waals surface area contributed by atoms with E-state index in [-0.39, 0.29) is 12.3 Å². The van der Waals surface area contributed by atoms with Gasteiger partial charge in [-0.15, -0.1) is 0 Å². The number of carbonyl (C=O) groups excluding carboxylic acids is 3. The number of imide groups is 1. The Morgan fingerprint density at radius 3 is 2.29 bits per heavy atom. The lowest BCUT2D eigenvalue weighted by atomic mass is 10.1. The molecule has 0 bridgehead atoms. The molecular formula is C24H28FN3O3. The quantitative estimate of drug-likeness (QED) is 0.629. The van der Waals surface area contributed by atoms with Crippen molar-refractivity contribution in [2.24, 2.45) is 5.92 Å². The van der Waals surface area contributed by atoms with Crippen molar-refractivity contribution in [2.75, 3.05) is 16.8 Å². The molecule has 0 spiro atoms. The van der Waals surface area contributed by atoms with Gasteiger partial charge in [-0.3, -0.25) is 9.59 Å². The van der Waals surface area contributed by atoms with Gasteiger partial charge in [0.2, 0.25) is 5.91 Å². The maximum absolute atomic E-state index is 13.3. The minimum atomic E-state index is -0.897. The van der Waals surface area contributed by atoms with Crippen LogP contribution in [0.1, 0.15) is 39.2 Å². The van der Waals surface area contributed by atoms with Crippen molar-refractivity contribution < 1.29 is 18.8 Å². The van der Waals surface area contributed by atoms with Gasteiger partial charge < -0.3 is 10.2 Å². The molecule has 1 unspecified atom stereocenters. The molecule has 0 aliphatic carbocycles. The summed E-state index contributed by atoms with van der Waals surface area (Å²) in [4.78, 5) is 41.3. The Balaban J connectivity index is 1.78. The number of nitrogens with one attached hydrogen (secondary N) is 1. The van der Waals surface area contributed by atoms with Gasteiger partial charge in [0.15, 0.2) is 0 Å². The first-order valence-electron chi connectivity index (χ1n) is 10.6. The average molecular weight is 426 g/mol. The van der Waals surface area contributed by atoms with E-state index in [2.05, 4.69) is 12.2 Å². The monoisotopic (exact) mass is 425 g/mol. The summed E-state index contributed by atoms with van der Waals surface area (Å²) in [5.41, 5.74) is 2.09. The molecule has 164 valence electrons. The van der Waals surface area contributed by atoms with Crippen LogP contribution in [0.3, 0.4) is 0 Å². The molecule has 1 fully saturated rings. The number of hydrogen-bond donors (Lipinski definition) is 1. The number of nitrogens with zero attached hydrogens (tertiary/aromatic N) is 2. The topological polar surface area (TPSA) is 69.7 Å².